The van der Waals surface area contributed by atoms with E-state index >= 15 is 0 Å². The first-order valence-electron chi connectivity index (χ1n) is 6.07. The van der Waals surface area contributed by atoms with Crippen LogP contribution in [0.15, 0.2) is 11.1 Å². The predicted octanol–water partition coefficient (Wildman–Crippen LogP) is 2.36. The first-order chi connectivity index (χ1) is 7.56. The number of rotatable bonds is 4. The first-order valence-corrected chi connectivity index (χ1v) is 6.07. The molecule has 90 valence electrons. The molecule has 1 fully saturated rings. The zero-order chi connectivity index (χ0) is 12.1. The molecule has 0 atom stereocenters. The maximum absolute atomic E-state index is 12.0. The smallest absolute Gasteiger partial charge is 0.255 e. The summed E-state index contributed by atoms with van der Waals surface area (Å²) in [5.41, 5.74) is 1.23. The van der Waals surface area contributed by atoms with Crippen LogP contribution >= 0.6 is 0 Å². The molecule has 0 aromatic carbocycles. The molecule has 0 aromatic heterocycles. The summed E-state index contributed by atoms with van der Waals surface area (Å²) in [6, 6.07) is 0.270. The highest BCUT2D eigenvalue weighted by molar-refractivity contribution is 6.19. The van der Waals surface area contributed by atoms with Crippen LogP contribution < -0.4 is 5.32 Å². The highest BCUT2D eigenvalue weighted by atomic mass is 16.2. The molecule has 0 aliphatic heterocycles. The third-order valence-corrected chi connectivity index (χ3v) is 3.23. The van der Waals surface area contributed by atoms with E-state index in [-0.39, 0.29) is 17.7 Å². The zero-order valence-corrected chi connectivity index (χ0v) is 10.4. The van der Waals surface area contributed by atoms with Crippen LogP contribution in [0.25, 0.3) is 0 Å². The first kappa shape index (κ1) is 12.9. The van der Waals surface area contributed by atoms with Gasteiger partial charge in [-0.05, 0) is 33.1 Å². The third-order valence-electron chi connectivity index (χ3n) is 3.23. The summed E-state index contributed by atoms with van der Waals surface area (Å²) in [5.74, 6) is -0.311. The Morgan fingerprint density at radius 2 is 1.75 bits per heavy atom. The monoisotopic (exact) mass is 223 g/mol. The van der Waals surface area contributed by atoms with Crippen molar-refractivity contribution in [1.82, 2.24) is 5.32 Å². The van der Waals surface area contributed by atoms with Gasteiger partial charge in [0.1, 0.15) is 0 Å². The van der Waals surface area contributed by atoms with E-state index in [1.807, 2.05) is 13.8 Å². The lowest BCUT2D eigenvalue weighted by Gasteiger charge is -2.14. The van der Waals surface area contributed by atoms with Gasteiger partial charge in [0.15, 0.2) is 5.78 Å². The van der Waals surface area contributed by atoms with Crippen LogP contribution in [0.2, 0.25) is 0 Å². The minimum Gasteiger partial charge on any atom is -0.349 e. The molecule has 0 spiro atoms. The second-order valence-corrected chi connectivity index (χ2v) is 4.52. The van der Waals surface area contributed by atoms with Crippen LogP contribution in [-0.2, 0) is 9.59 Å². The molecule has 3 heteroatoms. The van der Waals surface area contributed by atoms with Crippen molar-refractivity contribution < 1.29 is 9.59 Å². The molecule has 1 saturated carbocycles. The molecule has 1 aliphatic rings. The summed E-state index contributed by atoms with van der Waals surface area (Å²) in [7, 11) is 0. The van der Waals surface area contributed by atoms with Crippen molar-refractivity contribution in [2.45, 2.75) is 58.9 Å². The number of nitrogens with one attached hydrogen (secondary N) is 1. The zero-order valence-electron chi connectivity index (χ0n) is 10.4. The Hall–Kier alpha value is -1.12. The normalized spacial score (nSPS) is 18.2. The third kappa shape index (κ3) is 3.19. The predicted molar refractivity (Wildman–Crippen MR) is 64.1 cm³/mol. The minimum absolute atomic E-state index is 0.130. The molecular weight excluding hydrogens is 202 g/mol. The molecule has 1 N–H and O–H groups in total. The van der Waals surface area contributed by atoms with Crippen molar-refractivity contribution in [1.29, 1.82) is 0 Å². The van der Waals surface area contributed by atoms with Gasteiger partial charge in [0, 0.05) is 6.04 Å². The number of Topliss-reactive ketones (excluding diaryl/α,β-unsaturated/α-hetero) is 1. The van der Waals surface area contributed by atoms with Crippen LogP contribution in [-0.4, -0.2) is 17.7 Å². The Bertz CT molecular complexity index is 312. The van der Waals surface area contributed by atoms with Crippen LogP contribution in [0, 0.1) is 0 Å². The van der Waals surface area contributed by atoms with Gasteiger partial charge in [0.05, 0.1) is 5.57 Å². The fourth-order valence-electron chi connectivity index (χ4n) is 2.16. The van der Waals surface area contributed by atoms with Crippen molar-refractivity contribution in [3.63, 3.8) is 0 Å². The van der Waals surface area contributed by atoms with E-state index in [4.69, 9.17) is 0 Å². The van der Waals surface area contributed by atoms with Crippen molar-refractivity contribution in [2.24, 2.45) is 0 Å². The molecule has 1 amide bonds. The van der Waals surface area contributed by atoms with E-state index in [1.165, 1.54) is 19.8 Å². The van der Waals surface area contributed by atoms with Gasteiger partial charge in [-0.2, -0.15) is 0 Å². The second-order valence-electron chi connectivity index (χ2n) is 4.52. The van der Waals surface area contributed by atoms with Crippen LogP contribution in [0.5, 0.6) is 0 Å². The maximum atomic E-state index is 12.0. The van der Waals surface area contributed by atoms with Gasteiger partial charge in [-0.3, -0.25) is 9.59 Å². The highest BCUT2D eigenvalue weighted by Gasteiger charge is 2.22. The summed E-state index contributed by atoms with van der Waals surface area (Å²) < 4.78 is 0. The number of allylic oxidation sites excluding steroid dienone is 1. The Morgan fingerprint density at radius 3 is 2.19 bits per heavy atom. The molecule has 0 aromatic rings. The van der Waals surface area contributed by atoms with Crippen molar-refractivity contribution in [3.8, 4) is 0 Å². The molecule has 0 bridgehead atoms. The quantitative estimate of drug-likeness (QED) is 0.452. The average Bonchev–Trinajstić information content (AvgIpc) is 2.69. The Morgan fingerprint density at radius 1 is 1.19 bits per heavy atom. The van der Waals surface area contributed by atoms with Crippen LogP contribution in [0.1, 0.15) is 52.9 Å². The Labute approximate surface area is 97.3 Å². The molecule has 0 radical (unpaired) electrons. The standard InChI is InChI=1S/C13H21NO2/c1-4-9(2)12(10(3)15)13(16)14-11-7-5-6-8-11/h11H,4-8H2,1-3H3,(H,14,16)/b12-9-. The van der Waals surface area contributed by atoms with E-state index < -0.39 is 0 Å². The van der Waals surface area contributed by atoms with Crippen molar-refractivity contribution in [2.75, 3.05) is 0 Å². The van der Waals surface area contributed by atoms with Gasteiger partial charge in [-0.15, -0.1) is 0 Å². The summed E-state index contributed by atoms with van der Waals surface area (Å²) >= 11 is 0. The molecule has 16 heavy (non-hydrogen) atoms. The minimum atomic E-state index is -0.182. The number of hydrogen-bond donors (Lipinski definition) is 1. The lowest BCUT2D eigenvalue weighted by atomic mass is 10.0. The molecule has 0 heterocycles. The summed E-state index contributed by atoms with van der Waals surface area (Å²) in [4.78, 5) is 23.4. The molecule has 3 nitrogen and oxygen atoms in total. The van der Waals surface area contributed by atoms with Gasteiger partial charge in [0.25, 0.3) is 5.91 Å². The molecule has 1 rings (SSSR count). The number of ketones is 1. The van der Waals surface area contributed by atoms with Crippen LogP contribution in [0.3, 0.4) is 0 Å². The fraction of sp³-hybridized carbons (Fsp3) is 0.692. The van der Waals surface area contributed by atoms with Crippen molar-refractivity contribution in [3.05, 3.63) is 11.1 Å². The summed E-state index contributed by atoms with van der Waals surface area (Å²) in [6.45, 7) is 5.27. The summed E-state index contributed by atoms with van der Waals surface area (Å²) in [6.07, 6.45) is 5.19. The van der Waals surface area contributed by atoms with Gasteiger partial charge >= 0.3 is 0 Å². The fourth-order valence-corrected chi connectivity index (χ4v) is 2.16. The van der Waals surface area contributed by atoms with E-state index in [0.29, 0.717) is 5.57 Å². The number of hydrogen-bond acceptors (Lipinski definition) is 2. The summed E-state index contributed by atoms with van der Waals surface area (Å²) in [5, 5.41) is 2.96. The molecule has 0 unspecified atom stereocenters. The van der Waals surface area contributed by atoms with E-state index in [2.05, 4.69) is 5.32 Å². The Balaban J connectivity index is 2.72. The van der Waals surface area contributed by atoms with E-state index in [1.54, 1.807) is 0 Å². The Kier molecular flexibility index (Phi) is 4.71. The van der Waals surface area contributed by atoms with Crippen molar-refractivity contribution >= 4 is 11.7 Å². The average molecular weight is 223 g/mol. The number of carbonyl (C=O) groups is 2. The number of amides is 1. The molecular formula is C13H21NO2. The maximum Gasteiger partial charge on any atom is 0.255 e. The van der Waals surface area contributed by atoms with Crippen LogP contribution in [0.4, 0.5) is 0 Å². The number of carbonyl (C=O) groups excluding carboxylic acids is 2. The van der Waals surface area contributed by atoms with Gasteiger partial charge in [0.2, 0.25) is 0 Å². The SMILES string of the molecule is CC/C(C)=C(/C(C)=O)C(=O)NC1CCCC1. The lowest BCUT2D eigenvalue weighted by Crippen LogP contribution is -2.35. The lowest BCUT2D eigenvalue weighted by molar-refractivity contribution is -0.122. The van der Waals surface area contributed by atoms with Gasteiger partial charge in [-0.1, -0.05) is 25.3 Å². The van der Waals surface area contributed by atoms with E-state index in [0.717, 1.165) is 24.8 Å². The highest BCUT2D eigenvalue weighted by Crippen LogP contribution is 2.19. The second kappa shape index (κ2) is 5.83. The molecule has 1 aliphatic carbocycles. The van der Waals surface area contributed by atoms with Gasteiger partial charge < -0.3 is 5.32 Å². The topological polar surface area (TPSA) is 46.2 Å². The van der Waals surface area contributed by atoms with E-state index in [9.17, 15) is 9.59 Å². The largest absolute Gasteiger partial charge is 0.349 e. The molecule has 0 saturated heterocycles. The van der Waals surface area contributed by atoms with Gasteiger partial charge in [-0.25, -0.2) is 0 Å².